The average molecular weight is 292 g/mol. The molecule has 0 aliphatic carbocycles. The van der Waals surface area contributed by atoms with Crippen molar-refractivity contribution in [3.63, 3.8) is 0 Å². The normalized spacial score (nSPS) is 12.2. The lowest BCUT2D eigenvalue weighted by molar-refractivity contribution is 0.395. The second-order valence-electron chi connectivity index (χ2n) is 4.86. The van der Waals surface area contributed by atoms with E-state index in [0.717, 1.165) is 5.69 Å². The van der Waals surface area contributed by atoms with Crippen molar-refractivity contribution < 1.29 is 13.5 Å². The molecule has 0 saturated heterocycles. The van der Waals surface area contributed by atoms with E-state index in [-0.39, 0.29) is 18.0 Å². The van der Waals surface area contributed by atoms with Gasteiger partial charge in [0.1, 0.15) is 11.6 Å². The van der Waals surface area contributed by atoms with Crippen molar-refractivity contribution in [1.29, 1.82) is 0 Å². The highest BCUT2D eigenvalue weighted by Crippen LogP contribution is 2.14. The lowest BCUT2D eigenvalue weighted by Gasteiger charge is -2.15. The molecule has 1 aromatic carbocycles. The SMILES string of the molecule is COc1cccc(CNC(C)Cc2c(F)cccc2F)n1. The maximum Gasteiger partial charge on any atom is 0.213 e. The van der Waals surface area contributed by atoms with Gasteiger partial charge in [-0.1, -0.05) is 12.1 Å². The molecule has 21 heavy (non-hydrogen) atoms. The first-order valence-corrected chi connectivity index (χ1v) is 6.76. The van der Waals surface area contributed by atoms with Crippen LogP contribution in [0.3, 0.4) is 0 Å². The molecule has 5 heteroatoms. The highest BCUT2D eigenvalue weighted by molar-refractivity contribution is 5.21. The van der Waals surface area contributed by atoms with Crippen molar-refractivity contribution in [3.8, 4) is 5.88 Å². The standard InChI is InChI=1S/C16H18F2N2O/c1-11(9-13-14(17)6-4-7-15(13)18)19-10-12-5-3-8-16(20-12)21-2/h3-8,11,19H,9-10H2,1-2H3. The molecule has 0 amide bonds. The molecule has 0 fully saturated rings. The molecule has 2 rings (SSSR count). The molecule has 0 aliphatic rings. The van der Waals surface area contributed by atoms with Crippen LogP contribution in [-0.4, -0.2) is 18.1 Å². The van der Waals surface area contributed by atoms with Crippen LogP contribution in [0.2, 0.25) is 0 Å². The van der Waals surface area contributed by atoms with E-state index in [4.69, 9.17) is 4.74 Å². The number of aromatic nitrogens is 1. The van der Waals surface area contributed by atoms with Gasteiger partial charge in [0.15, 0.2) is 0 Å². The largest absolute Gasteiger partial charge is 0.481 e. The Kier molecular flexibility index (Phi) is 5.22. The van der Waals surface area contributed by atoms with E-state index in [0.29, 0.717) is 12.4 Å². The number of nitrogens with one attached hydrogen (secondary N) is 1. The topological polar surface area (TPSA) is 34.1 Å². The first-order chi connectivity index (χ1) is 10.1. The summed E-state index contributed by atoms with van der Waals surface area (Å²) >= 11 is 0. The van der Waals surface area contributed by atoms with Crippen LogP contribution in [-0.2, 0) is 13.0 Å². The molecular formula is C16H18F2N2O. The van der Waals surface area contributed by atoms with E-state index in [1.165, 1.54) is 18.2 Å². The van der Waals surface area contributed by atoms with Crippen LogP contribution in [0.25, 0.3) is 0 Å². The Morgan fingerprint density at radius 3 is 2.48 bits per heavy atom. The number of benzene rings is 1. The zero-order valence-electron chi connectivity index (χ0n) is 12.1. The van der Waals surface area contributed by atoms with Gasteiger partial charge in [-0.2, -0.15) is 0 Å². The van der Waals surface area contributed by atoms with Crippen LogP contribution in [0.4, 0.5) is 8.78 Å². The molecule has 112 valence electrons. The van der Waals surface area contributed by atoms with Gasteiger partial charge in [0.25, 0.3) is 0 Å². The summed E-state index contributed by atoms with van der Waals surface area (Å²) < 4.78 is 32.2. The maximum atomic E-state index is 13.6. The van der Waals surface area contributed by atoms with Gasteiger partial charge in [-0.3, -0.25) is 0 Å². The number of ether oxygens (including phenoxy) is 1. The number of hydrogen-bond acceptors (Lipinski definition) is 3. The molecule has 0 bridgehead atoms. The second kappa shape index (κ2) is 7.13. The van der Waals surface area contributed by atoms with Crippen molar-refractivity contribution in [3.05, 3.63) is 59.3 Å². The molecule has 1 heterocycles. The lowest BCUT2D eigenvalue weighted by atomic mass is 10.1. The number of rotatable bonds is 6. The minimum absolute atomic E-state index is 0.0793. The highest BCUT2D eigenvalue weighted by Gasteiger charge is 2.12. The smallest absolute Gasteiger partial charge is 0.213 e. The summed E-state index contributed by atoms with van der Waals surface area (Å²) in [6.07, 6.45) is 0.280. The van der Waals surface area contributed by atoms with Crippen LogP contribution in [0, 0.1) is 11.6 Å². The van der Waals surface area contributed by atoms with E-state index in [1.54, 1.807) is 13.2 Å². The van der Waals surface area contributed by atoms with E-state index >= 15 is 0 Å². The summed E-state index contributed by atoms with van der Waals surface area (Å²) in [6, 6.07) is 9.32. The summed E-state index contributed by atoms with van der Waals surface area (Å²) in [5.74, 6) is -0.478. The van der Waals surface area contributed by atoms with Crippen LogP contribution >= 0.6 is 0 Å². The molecule has 1 unspecified atom stereocenters. The minimum atomic E-state index is -0.511. The highest BCUT2D eigenvalue weighted by atomic mass is 19.1. The molecule has 0 aliphatic heterocycles. The quantitative estimate of drug-likeness (QED) is 0.888. The fraction of sp³-hybridized carbons (Fsp3) is 0.312. The molecule has 0 radical (unpaired) electrons. The molecule has 3 nitrogen and oxygen atoms in total. The number of methoxy groups -OCH3 is 1. The summed E-state index contributed by atoms with van der Waals surface area (Å²) in [4.78, 5) is 4.27. The summed E-state index contributed by atoms with van der Waals surface area (Å²) in [6.45, 7) is 2.39. The van der Waals surface area contributed by atoms with Crippen LogP contribution in [0.1, 0.15) is 18.2 Å². The Morgan fingerprint density at radius 2 is 1.81 bits per heavy atom. The van der Waals surface area contributed by atoms with Gasteiger partial charge in [-0.25, -0.2) is 13.8 Å². The third-order valence-corrected chi connectivity index (χ3v) is 3.19. The predicted molar refractivity (Wildman–Crippen MR) is 77.2 cm³/mol. The number of halogens is 2. The molecule has 0 saturated carbocycles. The van der Waals surface area contributed by atoms with Crippen molar-refractivity contribution in [2.24, 2.45) is 0 Å². The Balaban J connectivity index is 1.94. The van der Waals surface area contributed by atoms with Gasteiger partial charge in [0, 0.05) is 24.2 Å². The summed E-state index contributed by atoms with van der Waals surface area (Å²) in [7, 11) is 1.56. The number of pyridine rings is 1. The van der Waals surface area contributed by atoms with Crippen molar-refractivity contribution in [2.45, 2.75) is 25.9 Å². The molecule has 1 aromatic heterocycles. The molecule has 1 atom stereocenters. The van der Waals surface area contributed by atoms with Gasteiger partial charge in [0.2, 0.25) is 5.88 Å². The van der Waals surface area contributed by atoms with Crippen LogP contribution < -0.4 is 10.1 Å². The summed E-state index contributed by atoms with van der Waals surface area (Å²) in [5, 5.41) is 3.20. The lowest BCUT2D eigenvalue weighted by Crippen LogP contribution is -2.28. The number of hydrogen-bond donors (Lipinski definition) is 1. The third kappa shape index (κ3) is 4.23. The van der Waals surface area contributed by atoms with E-state index < -0.39 is 11.6 Å². The van der Waals surface area contributed by atoms with Gasteiger partial charge < -0.3 is 10.1 Å². The minimum Gasteiger partial charge on any atom is -0.481 e. The molecular weight excluding hydrogens is 274 g/mol. The Morgan fingerprint density at radius 1 is 1.14 bits per heavy atom. The first-order valence-electron chi connectivity index (χ1n) is 6.76. The monoisotopic (exact) mass is 292 g/mol. The molecule has 2 aromatic rings. The summed E-state index contributed by atoms with van der Waals surface area (Å²) in [5.41, 5.74) is 0.923. The van der Waals surface area contributed by atoms with E-state index in [2.05, 4.69) is 10.3 Å². The van der Waals surface area contributed by atoms with Crippen molar-refractivity contribution in [1.82, 2.24) is 10.3 Å². The van der Waals surface area contributed by atoms with Crippen molar-refractivity contribution in [2.75, 3.05) is 7.11 Å². The fourth-order valence-corrected chi connectivity index (χ4v) is 2.05. The first kappa shape index (κ1) is 15.4. The predicted octanol–water partition coefficient (Wildman–Crippen LogP) is 3.09. The van der Waals surface area contributed by atoms with E-state index in [1.807, 2.05) is 19.1 Å². The zero-order chi connectivity index (χ0) is 15.2. The Hall–Kier alpha value is -2.01. The Bertz CT molecular complexity index is 584. The van der Waals surface area contributed by atoms with Crippen LogP contribution in [0.15, 0.2) is 36.4 Å². The van der Waals surface area contributed by atoms with Gasteiger partial charge in [-0.15, -0.1) is 0 Å². The van der Waals surface area contributed by atoms with Gasteiger partial charge in [-0.05, 0) is 31.5 Å². The average Bonchev–Trinajstić information content (AvgIpc) is 2.49. The molecule has 1 N–H and O–H groups in total. The van der Waals surface area contributed by atoms with Crippen LogP contribution in [0.5, 0.6) is 5.88 Å². The van der Waals surface area contributed by atoms with Gasteiger partial charge >= 0.3 is 0 Å². The Labute approximate surface area is 123 Å². The van der Waals surface area contributed by atoms with Crippen molar-refractivity contribution >= 4 is 0 Å². The van der Waals surface area contributed by atoms with Gasteiger partial charge in [0.05, 0.1) is 12.8 Å². The molecule has 0 spiro atoms. The second-order valence-corrected chi connectivity index (χ2v) is 4.86. The number of nitrogens with zero attached hydrogens (tertiary/aromatic N) is 1. The maximum absolute atomic E-state index is 13.6. The van der Waals surface area contributed by atoms with E-state index in [9.17, 15) is 8.78 Å². The zero-order valence-corrected chi connectivity index (χ0v) is 12.1. The fourth-order valence-electron chi connectivity index (χ4n) is 2.05. The third-order valence-electron chi connectivity index (χ3n) is 3.19.